The lowest BCUT2D eigenvalue weighted by Gasteiger charge is -2.57. The third-order valence-corrected chi connectivity index (χ3v) is 8.35. The first-order valence-corrected chi connectivity index (χ1v) is 11.8. The first-order chi connectivity index (χ1) is 14.6. The minimum absolute atomic E-state index is 0.00486. The molecule has 0 radical (unpaired) electrons. The van der Waals surface area contributed by atoms with Gasteiger partial charge in [0.25, 0.3) is 0 Å². The van der Waals surface area contributed by atoms with Gasteiger partial charge in [-0.3, -0.25) is 19.1 Å². The van der Waals surface area contributed by atoms with Gasteiger partial charge in [0.15, 0.2) is 0 Å². The zero-order chi connectivity index (χ0) is 20.3. The summed E-state index contributed by atoms with van der Waals surface area (Å²) in [6, 6.07) is 1.88. The Morgan fingerprint density at radius 3 is 2.50 bits per heavy atom. The molecule has 0 N–H and O–H groups in total. The van der Waals surface area contributed by atoms with Crippen molar-refractivity contribution in [3.8, 4) is 0 Å². The standard InChI is InChI=1S/C23H32N4O3/c28-21(26-5-1-2-6-30-26)10-20-15-25(14-19-3-4-24-27(19)20)22(29)23-11-16-7-17(12-23)9-18(8-16)13-23/h3-4,16-18,20H,1-2,5-15H2/t16?,17?,18?,20-,23?/m1/s1. The molecule has 1 aromatic heterocycles. The van der Waals surface area contributed by atoms with Gasteiger partial charge in [-0.15, -0.1) is 0 Å². The quantitative estimate of drug-likeness (QED) is 0.766. The Balaban J connectivity index is 1.21. The number of carbonyl (C=O) groups is 2. The Labute approximate surface area is 177 Å². The molecule has 30 heavy (non-hydrogen) atoms. The topological polar surface area (TPSA) is 67.7 Å². The van der Waals surface area contributed by atoms with Crippen LogP contribution in [-0.2, 0) is 21.0 Å². The fraction of sp³-hybridized carbons (Fsp3) is 0.783. The molecule has 6 aliphatic rings. The fourth-order valence-electron chi connectivity index (χ4n) is 7.50. The van der Waals surface area contributed by atoms with Gasteiger partial charge >= 0.3 is 0 Å². The lowest BCUT2D eigenvalue weighted by atomic mass is 9.49. The minimum Gasteiger partial charge on any atom is -0.334 e. The number of carbonyl (C=O) groups excluding carboxylic acids is 2. The van der Waals surface area contributed by atoms with Gasteiger partial charge in [0.2, 0.25) is 11.8 Å². The van der Waals surface area contributed by atoms with Crippen LogP contribution in [0.4, 0.5) is 0 Å². The maximum atomic E-state index is 13.9. The van der Waals surface area contributed by atoms with E-state index in [0.29, 0.717) is 38.6 Å². The molecule has 7 rings (SSSR count). The monoisotopic (exact) mass is 412 g/mol. The van der Waals surface area contributed by atoms with E-state index in [9.17, 15) is 9.59 Å². The summed E-state index contributed by atoms with van der Waals surface area (Å²) in [6.45, 7) is 2.47. The highest BCUT2D eigenvalue weighted by molar-refractivity contribution is 5.83. The van der Waals surface area contributed by atoms with E-state index in [1.807, 2.05) is 10.7 Å². The smallest absolute Gasteiger partial charge is 0.248 e. The summed E-state index contributed by atoms with van der Waals surface area (Å²) in [5.41, 5.74) is 0.901. The van der Waals surface area contributed by atoms with Gasteiger partial charge in [0, 0.05) is 19.3 Å². The Kier molecular flexibility index (Phi) is 4.44. The van der Waals surface area contributed by atoms with Gasteiger partial charge in [-0.05, 0) is 75.2 Å². The number of hydrogen-bond acceptors (Lipinski definition) is 4. The molecule has 3 heterocycles. The fourth-order valence-corrected chi connectivity index (χ4v) is 7.50. The van der Waals surface area contributed by atoms with Crippen molar-refractivity contribution in [3.05, 3.63) is 18.0 Å². The molecule has 4 saturated carbocycles. The Morgan fingerprint density at radius 1 is 1.10 bits per heavy atom. The molecule has 162 valence electrons. The third-order valence-electron chi connectivity index (χ3n) is 8.35. The van der Waals surface area contributed by atoms with Gasteiger partial charge < -0.3 is 4.90 Å². The van der Waals surface area contributed by atoms with Gasteiger partial charge in [-0.1, -0.05) is 0 Å². The summed E-state index contributed by atoms with van der Waals surface area (Å²) in [5, 5.41) is 6.01. The lowest BCUT2D eigenvalue weighted by molar-refractivity contribution is -0.198. The SMILES string of the molecule is O=C(C[C@@H]1CN(C(=O)C23CC4CC(CC(C4)C2)C3)Cc2ccnn21)N1CCCCO1. The van der Waals surface area contributed by atoms with Crippen LogP contribution in [0.1, 0.15) is 69.5 Å². The largest absolute Gasteiger partial charge is 0.334 e. The lowest BCUT2D eigenvalue weighted by Crippen LogP contribution is -2.56. The number of hydrogen-bond donors (Lipinski definition) is 0. The van der Waals surface area contributed by atoms with Gasteiger partial charge in [-0.25, -0.2) is 5.06 Å². The molecule has 7 nitrogen and oxygen atoms in total. The maximum absolute atomic E-state index is 13.9. The molecule has 1 aromatic rings. The summed E-state index contributed by atoms with van der Waals surface area (Å²) < 4.78 is 1.96. The highest BCUT2D eigenvalue weighted by Crippen LogP contribution is 2.60. The third kappa shape index (κ3) is 3.08. The summed E-state index contributed by atoms with van der Waals surface area (Å²) >= 11 is 0. The number of hydroxylamine groups is 2. The van der Waals surface area contributed by atoms with E-state index < -0.39 is 0 Å². The van der Waals surface area contributed by atoms with Crippen LogP contribution in [-0.4, -0.2) is 51.3 Å². The van der Waals surface area contributed by atoms with Crippen molar-refractivity contribution >= 4 is 11.8 Å². The second-order valence-electron chi connectivity index (χ2n) is 10.5. The number of nitrogens with zero attached hydrogens (tertiary/aromatic N) is 4. The van der Waals surface area contributed by atoms with Crippen molar-refractivity contribution in [2.75, 3.05) is 19.7 Å². The van der Waals surface area contributed by atoms with Crippen LogP contribution in [0.25, 0.3) is 0 Å². The first kappa shape index (κ1) is 18.8. The van der Waals surface area contributed by atoms with Crippen molar-refractivity contribution in [2.24, 2.45) is 23.2 Å². The van der Waals surface area contributed by atoms with E-state index in [1.54, 1.807) is 6.20 Å². The second kappa shape index (κ2) is 7.08. The molecule has 0 unspecified atom stereocenters. The summed E-state index contributed by atoms with van der Waals surface area (Å²) in [6.07, 6.45) is 11.4. The molecule has 5 fully saturated rings. The predicted octanol–water partition coefficient (Wildman–Crippen LogP) is 2.93. The molecule has 0 spiro atoms. The number of rotatable bonds is 3. The molecule has 2 amide bonds. The van der Waals surface area contributed by atoms with Gasteiger partial charge in [0.05, 0.1) is 36.7 Å². The molecule has 1 saturated heterocycles. The Hall–Kier alpha value is -1.89. The van der Waals surface area contributed by atoms with E-state index in [4.69, 9.17) is 4.84 Å². The molecular weight excluding hydrogens is 380 g/mol. The highest BCUT2D eigenvalue weighted by atomic mass is 16.7. The van der Waals surface area contributed by atoms with Crippen LogP contribution in [0.5, 0.6) is 0 Å². The van der Waals surface area contributed by atoms with Crippen LogP contribution < -0.4 is 0 Å². The van der Waals surface area contributed by atoms with Crippen LogP contribution in [0.2, 0.25) is 0 Å². The second-order valence-corrected chi connectivity index (χ2v) is 10.5. The van der Waals surface area contributed by atoms with Crippen LogP contribution in [0.3, 0.4) is 0 Å². The van der Waals surface area contributed by atoms with Gasteiger partial charge in [-0.2, -0.15) is 5.10 Å². The van der Waals surface area contributed by atoms with Crippen LogP contribution in [0, 0.1) is 23.2 Å². The molecule has 2 aliphatic heterocycles. The average Bonchev–Trinajstić information content (AvgIpc) is 3.22. The Bertz CT molecular complexity index is 808. The van der Waals surface area contributed by atoms with Crippen molar-refractivity contribution in [1.29, 1.82) is 0 Å². The molecule has 4 bridgehead atoms. The first-order valence-electron chi connectivity index (χ1n) is 11.8. The normalized spacial score (nSPS) is 37.3. The maximum Gasteiger partial charge on any atom is 0.248 e. The van der Waals surface area contributed by atoms with Crippen molar-refractivity contribution in [2.45, 2.75) is 70.4 Å². The van der Waals surface area contributed by atoms with E-state index in [2.05, 4.69) is 10.00 Å². The number of fused-ring (bicyclic) bond motifs is 1. The minimum atomic E-state index is -0.137. The number of aromatic nitrogens is 2. The summed E-state index contributed by atoms with van der Waals surface area (Å²) in [7, 11) is 0. The van der Waals surface area contributed by atoms with Crippen LogP contribution >= 0.6 is 0 Å². The van der Waals surface area contributed by atoms with Gasteiger partial charge in [0.1, 0.15) is 0 Å². The molecule has 1 atom stereocenters. The molecule has 4 aliphatic carbocycles. The molecule has 7 heteroatoms. The zero-order valence-corrected chi connectivity index (χ0v) is 17.7. The van der Waals surface area contributed by atoms with E-state index in [0.717, 1.165) is 55.6 Å². The average molecular weight is 413 g/mol. The highest BCUT2D eigenvalue weighted by Gasteiger charge is 2.56. The number of amides is 2. The Morgan fingerprint density at radius 2 is 1.83 bits per heavy atom. The van der Waals surface area contributed by atoms with E-state index in [-0.39, 0.29) is 17.4 Å². The molecule has 0 aromatic carbocycles. The van der Waals surface area contributed by atoms with Crippen LogP contribution in [0.15, 0.2) is 12.3 Å². The van der Waals surface area contributed by atoms with Crippen molar-refractivity contribution in [1.82, 2.24) is 19.7 Å². The van der Waals surface area contributed by atoms with E-state index >= 15 is 0 Å². The summed E-state index contributed by atoms with van der Waals surface area (Å²) in [5.74, 6) is 2.61. The predicted molar refractivity (Wildman–Crippen MR) is 109 cm³/mol. The van der Waals surface area contributed by atoms with Crippen molar-refractivity contribution < 1.29 is 14.4 Å². The van der Waals surface area contributed by atoms with Crippen molar-refractivity contribution in [3.63, 3.8) is 0 Å². The molecular formula is C23H32N4O3. The van der Waals surface area contributed by atoms with E-state index in [1.165, 1.54) is 24.3 Å². The zero-order valence-electron chi connectivity index (χ0n) is 17.7. The summed E-state index contributed by atoms with van der Waals surface area (Å²) in [4.78, 5) is 34.4.